The number of fused-ring (bicyclic) bond motifs is 1. The first-order chi connectivity index (χ1) is 16.7. The van der Waals surface area contributed by atoms with Crippen LogP contribution in [0.2, 0.25) is 0 Å². The van der Waals surface area contributed by atoms with Crippen LogP contribution in [0.4, 0.5) is 5.69 Å². The molecule has 0 aliphatic heterocycles. The van der Waals surface area contributed by atoms with E-state index >= 15 is 0 Å². The molecule has 6 aromatic rings. The number of benzene rings is 3. The van der Waals surface area contributed by atoms with Crippen LogP contribution in [0.15, 0.2) is 101 Å². The molecule has 3 heterocycles. The standard InChI is InChI=1S/C26H17N5O2S/c32-23(27-21-12-10-17(11-13-21)22-16-31-14-15-34-26(31)28-22)18-6-8-20(9-7-18)25-30-29-24(33-25)19-4-2-1-3-5-19/h1-16H,(H,27,32). The van der Waals surface area contributed by atoms with Gasteiger partial charge in [0, 0.05) is 45.7 Å². The van der Waals surface area contributed by atoms with E-state index < -0.39 is 0 Å². The summed E-state index contributed by atoms with van der Waals surface area (Å²) in [5, 5.41) is 13.2. The Morgan fingerprint density at radius 2 is 1.50 bits per heavy atom. The minimum Gasteiger partial charge on any atom is -0.416 e. The molecule has 0 fully saturated rings. The van der Waals surface area contributed by atoms with Crippen LogP contribution >= 0.6 is 11.3 Å². The highest BCUT2D eigenvalue weighted by Crippen LogP contribution is 2.25. The van der Waals surface area contributed by atoms with Gasteiger partial charge in [0.25, 0.3) is 5.91 Å². The predicted molar refractivity (Wildman–Crippen MR) is 132 cm³/mol. The summed E-state index contributed by atoms with van der Waals surface area (Å²) in [6.45, 7) is 0. The summed E-state index contributed by atoms with van der Waals surface area (Å²) in [7, 11) is 0. The summed E-state index contributed by atoms with van der Waals surface area (Å²) < 4.78 is 7.78. The van der Waals surface area contributed by atoms with Crippen molar-refractivity contribution in [2.75, 3.05) is 5.32 Å². The maximum absolute atomic E-state index is 12.7. The summed E-state index contributed by atoms with van der Waals surface area (Å²) in [5.41, 5.74) is 4.74. The average Bonchev–Trinajstić information content (AvgIpc) is 3.62. The molecule has 3 aromatic heterocycles. The molecule has 0 aliphatic rings. The van der Waals surface area contributed by atoms with Crippen molar-refractivity contribution in [2.45, 2.75) is 0 Å². The molecule has 34 heavy (non-hydrogen) atoms. The van der Waals surface area contributed by atoms with Crippen LogP contribution < -0.4 is 5.32 Å². The zero-order chi connectivity index (χ0) is 22.9. The van der Waals surface area contributed by atoms with E-state index in [9.17, 15) is 4.79 Å². The van der Waals surface area contributed by atoms with Gasteiger partial charge in [-0.3, -0.25) is 9.20 Å². The number of hydrogen-bond acceptors (Lipinski definition) is 6. The number of thiazole rings is 1. The van der Waals surface area contributed by atoms with Gasteiger partial charge in [-0.2, -0.15) is 0 Å². The van der Waals surface area contributed by atoms with Crippen molar-refractivity contribution in [3.63, 3.8) is 0 Å². The molecule has 0 spiro atoms. The van der Waals surface area contributed by atoms with Crippen molar-refractivity contribution in [2.24, 2.45) is 0 Å². The highest BCUT2D eigenvalue weighted by molar-refractivity contribution is 7.15. The molecule has 0 bridgehead atoms. The molecule has 1 N–H and O–H groups in total. The second kappa shape index (κ2) is 8.42. The van der Waals surface area contributed by atoms with Gasteiger partial charge in [0.1, 0.15) is 0 Å². The fourth-order valence-corrected chi connectivity index (χ4v) is 4.30. The Morgan fingerprint density at radius 1 is 0.824 bits per heavy atom. The van der Waals surface area contributed by atoms with E-state index in [4.69, 9.17) is 4.42 Å². The van der Waals surface area contributed by atoms with Gasteiger partial charge >= 0.3 is 0 Å². The number of nitrogens with one attached hydrogen (secondary N) is 1. The molecular formula is C26H17N5O2S. The monoisotopic (exact) mass is 463 g/mol. The number of imidazole rings is 1. The van der Waals surface area contributed by atoms with Gasteiger partial charge in [0.2, 0.25) is 11.8 Å². The van der Waals surface area contributed by atoms with Gasteiger partial charge < -0.3 is 9.73 Å². The molecule has 8 heteroatoms. The van der Waals surface area contributed by atoms with Gasteiger partial charge in [-0.15, -0.1) is 21.5 Å². The largest absolute Gasteiger partial charge is 0.416 e. The minimum atomic E-state index is -0.197. The smallest absolute Gasteiger partial charge is 0.255 e. The van der Waals surface area contributed by atoms with Crippen LogP contribution in [0.1, 0.15) is 10.4 Å². The van der Waals surface area contributed by atoms with Crippen molar-refractivity contribution in [1.29, 1.82) is 0 Å². The maximum atomic E-state index is 12.7. The van der Waals surface area contributed by atoms with E-state index in [1.165, 1.54) is 0 Å². The lowest BCUT2D eigenvalue weighted by Crippen LogP contribution is -2.11. The summed E-state index contributed by atoms with van der Waals surface area (Å²) in [6, 6.07) is 24.3. The van der Waals surface area contributed by atoms with Gasteiger partial charge in [0.15, 0.2) is 4.96 Å². The number of hydrogen-bond donors (Lipinski definition) is 1. The lowest BCUT2D eigenvalue weighted by molar-refractivity contribution is 0.102. The Hall–Kier alpha value is -4.56. The molecule has 6 rings (SSSR count). The highest BCUT2D eigenvalue weighted by atomic mass is 32.1. The number of amides is 1. The Kier molecular flexibility index (Phi) is 4.97. The molecular weight excluding hydrogens is 446 g/mol. The molecule has 164 valence electrons. The van der Waals surface area contributed by atoms with Crippen LogP contribution in [-0.2, 0) is 0 Å². The van der Waals surface area contributed by atoms with E-state index in [0.29, 0.717) is 23.0 Å². The first kappa shape index (κ1) is 20.1. The maximum Gasteiger partial charge on any atom is 0.255 e. The van der Waals surface area contributed by atoms with Crippen LogP contribution in [-0.4, -0.2) is 25.5 Å². The summed E-state index contributed by atoms with van der Waals surface area (Å²) in [4.78, 5) is 18.3. The Labute approximate surface area is 198 Å². The van der Waals surface area contributed by atoms with Crippen molar-refractivity contribution in [1.82, 2.24) is 19.6 Å². The molecule has 0 saturated carbocycles. The van der Waals surface area contributed by atoms with E-state index in [-0.39, 0.29) is 5.91 Å². The number of carbonyl (C=O) groups is 1. The number of anilines is 1. The van der Waals surface area contributed by atoms with Gasteiger partial charge in [-0.05, 0) is 48.5 Å². The van der Waals surface area contributed by atoms with E-state index in [1.54, 1.807) is 35.6 Å². The number of nitrogens with zero attached hydrogens (tertiary/aromatic N) is 4. The minimum absolute atomic E-state index is 0.197. The SMILES string of the molecule is O=C(Nc1ccc(-c2cn3ccsc3n2)cc1)c1ccc(-c2nnc(-c3ccccc3)o2)cc1. The second-order valence-corrected chi connectivity index (χ2v) is 8.48. The molecule has 0 radical (unpaired) electrons. The fraction of sp³-hybridized carbons (Fsp3) is 0. The highest BCUT2D eigenvalue weighted by Gasteiger charge is 2.12. The quantitative estimate of drug-likeness (QED) is 0.337. The number of carbonyl (C=O) groups excluding carboxylic acids is 1. The van der Waals surface area contributed by atoms with Crippen LogP contribution in [0.3, 0.4) is 0 Å². The molecule has 1 amide bonds. The Morgan fingerprint density at radius 3 is 2.21 bits per heavy atom. The van der Waals surface area contributed by atoms with Crippen molar-refractivity contribution >= 4 is 27.9 Å². The molecule has 0 saturated heterocycles. The van der Waals surface area contributed by atoms with E-state index in [1.807, 2.05) is 76.8 Å². The lowest BCUT2D eigenvalue weighted by Gasteiger charge is -2.06. The summed E-state index contributed by atoms with van der Waals surface area (Å²) in [5.74, 6) is 0.661. The Bertz CT molecular complexity index is 1550. The number of aromatic nitrogens is 4. The van der Waals surface area contributed by atoms with E-state index in [0.717, 1.165) is 27.3 Å². The van der Waals surface area contributed by atoms with Gasteiger partial charge in [-0.25, -0.2) is 4.98 Å². The van der Waals surface area contributed by atoms with Crippen LogP contribution in [0.25, 0.3) is 39.1 Å². The third kappa shape index (κ3) is 3.87. The average molecular weight is 464 g/mol. The molecule has 0 aliphatic carbocycles. The topological polar surface area (TPSA) is 85.3 Å². The summed E-state index contributed by atoms with van der Waals surface area (Å²) in [6.07, 6.45) is 3.98. The Balaban J connectivity index is 1.14. The predicted octanol–water partition coefficient (Wildman–Crippen LogP) is 6.03. The van der Waals surface area contributed by atoms with Gasteiger partial charge in [0.05, 0.1) is 5.69 Å². The van der Waals surface area contributed by atoms with Crippen molar-refractivity contribution in [3.8, 4) is 34.2 Å². The van der Waals surface area contributed by atoms with Crippen molar-refractivity contribution < 1.29 is 9.21 Å². The zero-order valence-corrected chi connectivity index (χ0v) is 18.6. The number of rotatable bonds is 5. The normalized spacial score (nSPS) is 11.1. The lowest BCUT2D eigenvalue weighted by atomic mass is 10.1. The third-order valence-corrected chi connectivity index (χ3v) is 6.14. The van der Waals surface area contributed by atoms with Crippen molar-refractivity contribution in [3.05, 3.63) is 102 Å². The zero-order valence-electron chi connectivity index (χ0n) is 17.8. The van der Waals surface area contributed by atoms with E-state index in [2.05, 4.69) is 20.5 Å². The molecule has 0 unspecified atom stereocenters. The second-order valence-electron chi connectivity index (χ2n) is 7.61. The van der Waals surface area contributed by atoms with Crippen LogP contribution in [0, 0.1) is 0 Å². The fourth-order valence-electron chi connectivity index (χ4n) is 3.60. The molecule has 7 nitrogen and oxygen atoms in total. The summed E-state index contributed by atoms with van der Waals surface area (Å²) >= 11 is 1.59. The molecule has 3 aromatic carbocycles. The van der Waals surface area contributed by atoms with Crippen LogP contribution in [0.5, 0.6) is 0 Å². The third-order valence-electron chi connectivity index (χ3n) is 5.37. The first-order valence-corrected chi connectivity index (χ1v) is 11.4. The molecule has 0 atom stereocenters. The van der Waals surface area contributed by atoms with Gasteiger partial charge in [-0.1, -0.05) is 30.3 Å². The first-order valence-electron chi connectivity index (χ1n) is 10.6.